The standard InChI is InChI=1S/C15H22N2O2/c1-16-14-7-4-8-17(11-14)10-13-6-3-2-5-12(13)9-15(18)19/h2-3,5-6,14,16H,4,7-11H2,1H3,(H,18,19). The molecule has 1 fully saturated rings. The van der Waals surface area contributed by atoms with Gasteiger partial charge in [-0.05, 0) is 37.6 Å². The highest BCUT2D eigenvalue weighted by atomic mass is 16.4. The fraction of sp³-hybridized carbons (Fsp3) is 0.533. The number of hydrogen-bond acceptors (Lipinski definition) is 3. The minimum absolute atomic E-state index is 0.111. The van der Waals surface area contributed by atoms with Crippen molar-refractivity contribution in [1.82, 2.24) is 10.2 Å². The van der Waals surface area contributed by atoms with Crippen LogP contribution in [0.5, 0.6) is 0 Å². The Morgan fingerprint density at radius 3 is 2.84 bits per heavy atom. The van der Waals surface area contributed by atoms with Crippen LogP contribution in [0.4, 0.5) is 0 Å². The van der Waals surface area contributed by atoms with Crippen molar-refractivity contribution in [2.75, 3.05) is 20.1 Å². The Labute approximate surface area is 114 Å². The first-order valence-corrected chi connectivity index (χ1v) is 6.87. The second-order valence-electron chi connectivity index (χ2n) is 5.20. The van der Waals surface area contributed by atoms with Gasteiger partial charge in [0, 0.05) is 19.1 Å². The Morgan fingerprint density at radius 1 is 1.42 bits per heavy atom. The van der Waals surface area contributed by atoms with Crippen LogP contribution in [0.3, 0.4) is 0 Å². The van der Waals surface area contributed by atoms with Gasteiger partial charge in [0.1, 0.15) is 0 Å². The Morgan fingerprint density at radius 2 is 2.16 bits per heavy atom. The van der Waals surface area contributed by atoms with Crippen molar-refractivity contribution < 1.29 is 9.90 Å². The fourth-order valence-electron chi connectivity index (χ4n) is 2.72. The molecular formula is C15H22N2O2. The summed E-state index contributed by atoms with van der Waals surface area (Å²) in [5.41, 5.74) is 2.07. The van der Waals surface area contributed by atoms with E-state index in [2.05, 4.69) is 10.2 Å². The molecule has 4 heteroatoms. The highest BCUT2D eigenvalue weighted by Crippen LogP contribution is 2.17. The zero-order chi connectivity index (χ0) is 13.7. The average molecular weight is 262 g/mol. The highest BCUT2D eigenvalue weighted by Gasteiger charge is 2.19. The number of likely N-dealkylation sites (tertiary alicyclic amines) is 1. The van der Waals surface area contributed by atoms with E-state index in [1.807, 2.05) is 31.3 Å². The van der Waals surface area contributed by atoms with E-state index < -0.39 is 5.97 Å². The molecule has 0 radical (unpaired) electrons. The third kappa shape index (κ3) is 4.04. The molecule has 0 amide bonds. The SMILES string of the molecule is CNC1CCCN(Cc2ccccc2CC(=O)O)C1. The first-order valence-electron chi connectivity index (χ1n) is 6.87. The molecule has 1 unspecified atom stereocenters. The number of rotatable bonds is 5. The number of likely N-dealkylation sites (N-methyl/N-ethyl adjacent to an activating group) is 1. The van der Waals surface area contributed by atoms with Crippen LogP contribution in [0.15, 0.2) is 24.3 Å². The van der Waals surface area contributed by atoms with Gasteiger partial charge in [-0.1, -0.05) is 24.3 Å². The lowest BCUT2D eigenvalue weighted by molar-refractivity contribution is -0.136. The maximum Gasteiger partial charge on any atom is 0.307 e. The van der Waals surface area contributed by atoms with Crippen LogP contribution >= 0.6 is 0 Å². The summed E-state index contributed by atoms with van der Waals surface area (Å²) in [4.78, 5) is 13.3. The van der Waals surface area contributed by atoms with Crippen molar-refractivity contribution in [2.45, 2.75) is 31.8 Å². The smallest absolute Gasteiger partial charge is 0.307 e. The van der Waals surface area contributed by atoms with Gasteiger partial charge in [-0.25, -0.2) is 0 Å². The largest absolute Gasteiger partial charge is 0.481 e. The van der Waals surface area contributed by atoms with Gasteiger partial charge in [0.25, 0.3) is 0 Å². The van der Waals surface area contributed by atoms with Crippen molar-refractivity contribution in [1.29, 1.82) is 0 Å². The second-order valence-corrected chi connectivity index (χ2v) is 5.20. The maximum absolute atomic E-state index is 10.9. The van der Waals surface area contributed by atoms with E-state index in [-0.39, 0.29) is 6.42 Å². The molecule has 0 bridgehead atoms. The monoisotopic (exact) mass is 262 g/mol. The number of piperidine rings is 1. The summed E-state index contributed by atoms with van der Waals surface area (Å²) in [6, 6.07) is 8.42. The minimum Gasteiger partial charge on any atom is -0.481 e. The van der Waals surface area contributed by atoms with Gasteiger partial charge in [-0.15, -0.1) is 0 Å². The Balaban J connectivity index is 2.03. The lowest BCUT2D eigenvalue weighted by Crippen LogP contribution is -2.44. The van der Waals surface area contributed by atoms with E-state index in [0.29, 0.717) is 6.04 Å². The lowest BCUT2D eigenvalue weighted by Gasteiger charge is -2.32. The van der Waals surface area contributed by atoms with Crippen molar-refractivity contribution in [3.8, 4) is 0 Å². The van der Waals surface area contributed by atoms with Gasteiger partial charge in [0.05, 0.1) is 6.42 Å². The van der Waals surface area contributed by atoms with E-state index >= 15 is 0 Å². The van der Waals surface area contributed by atoms with Crippen LogP contribution in [-0.4, -0.2) is 42.2 Å². The van der Waals surface area contributed by atoms with Crippen LogP contribution in [0, 0.1) is 0 Å². The van der Waals surface area contributed by atoms with Crippen molar-refractivity contribution in [2.24, 2.45) is 0 Å². The van der Waals surface area contributed by atoms with Crippen molar-refractivity contribution in [3.05, 3.63) is 35.4 Å². The van der Waals surface area contributed by atoms with Crippen LogP contribution in [0.25, 0.3) is 0 Å². The quantitative estimate of drug-likeness (QED) is 0.844. The molecule has 2 rings (SSSR count). The van der Waals surface area contributed by atoms with E-state index in [0.717, 1.165) is 30.8 Å². The molecular weight excluding hydrogens is 240 g/mol. The molecule has 0 aromatic heterocycles. The molecule has 1 saturated heterocycles. The van der Waals surface area contributed by atoms with Gasteiger partial charge in [-0.3, -0.25) is 9.69 Å². The molecule has 1 aromatic rings. The molecule has 4 nitrogen and oxygen atoms in total. The van der Waals surface area contributed by atoms with E-state index in [4.69, 9.17) is 5.11 Å². The van der Waals surface area contributed by atoms with Gasteiger partial charge >= 0.3 is 5.97 Å². The molecule has 1 aliphatic rings. The zero-order valence-corrected chi connectivity index (χ0v) is 11.4. The first kappa shape index (κ1) is 14.0. The molecule has 104 valence electrons. The normalized spacial score (nSPS) is 20.4. The number of benzene rings is 1. The third-order valence-electron chi connectivity index (χ3n) is 3.77. The molecule has 1 aromatic carbocycles. The summed E-state index contributed by atoms with van der Waals surface area (Å²) >= 11 is 0. The summed E-state index contributed by atoms with van der Waals surface area (Å²) in [5, 5.41) is 12.3. The number of hydrogen-bond donors (Lipinski definition) is 2. The van der Waals surface area contributed by atoms with Gasteiger partial charge in [0.2, 0.25) is 0 Å². The fourth-order valence-corrected chi connectivity index (χ4v) is 2.72. The van der Waals surface area contributed by atoms with Gasteiger partial charge < -0.3 is 10.4 Å². The summed E-state index contributed by atoms with van der Waals surface area (Å²) in [6.45, 7) is 2.99. The number of carboxylic acid groups (broad SMARTS) is 1. The Kier molecular flexibility index (Phi) is 4.93. The zero-order valence-electron chi connectivity index (χ0n) is 11.4. The molecule has 19 heavy (non-hydrogen) atoms. The molecule has 1 atom stereocenters. The van der Waals surface area contributed by atoms with E-state index in [1.54, 1.807) is 0 Å². The molecule has 2 N–H and O–H groups in total. The number of nitrogens with zero attached hydrogens (tertiary/aromatic N) is 1. The van der Waals surface area contributed by atoms with Crippen LogP contribution in [0.2, 0.25) is 0 Å². The topological polar surface area (TPSA) is 52.6 Å². The minimum atomic E-state index is -0.765. The summed E-state index contributed by atoms with van der Waals surface area (Å²) in [7, 11) is 2.01. The number of aliphatic carboxylic acids is 1. The number of carboxylic acids is 1. The molecule has 1 aliphatic heterocycles. The van der Waals surface area contributed by atoms with E-state index in [9.17, 15) is 4.79 Å². The number of carbonyl (C=O) groups is 1. The third-order valence-corrected chi connectivity index (χ3v) is 3.77. The number of nitrogens with one attached hydrogen (secondary N) is 1. The summed E-state index contributed by atoms with van der Waals surface area (Å²) in [5.74, 6) is -0.765. The van der Waals surface area contributed by atoms with E-state index in [1.165, 1.54) is 12.8 Å². The van der Waals surface area contributed by atoms with Crippen molar-refractivity contribution in [3.63, 3.8) is 0 Å². The Hall–Kier alpha value is -1.39. The Bertz CT molecular complexity index is 434. The lowest BCUT2D eigenvalue weighted by atomic mass is 10.0. The van der Waals surface area contributed by atoms with Crippen LogP contribution in [0.1, 0.15) is 24.0 Å². The van der Waals surface area contributed by atoms with Gasteiger partial charge in [-0.2, -0.15) is 0 Å². The predicted octanol–water partition coefficient (Wildman–Crippen LogP) is 1.50. The van der Waals surface area contributed by atoms with Crippen LogP contribution in [-0.2, 0) is 17.8 Å². The van der Waals surface area contributed by atoms with Gasteiger partial charge in [0.15, 0.2) is 0 Å². The average Bonchev–Trinajstić information content (AvgIpc) is 2.41. The summed E-state index contributed by atoms with van der Waals surface area (Å²) in [6.07, 6.45) is 2.54. The van der Waals surface area contributed by atoms with Crippen molar-refractivity contribution >= 4 is 5.97 Å². The molecule has 0 saturated carbocycles. The maximum atomic E-state index is 10.9. The molecule has 0 spiro atoms. The van der Waals surface area contributed by atoms with Crippen LogP contribution < -0.4 is 5.32 Å². The second kappa shape index (κ2) is 6.68. The first-order chi connectivity index (χ1) is 9.19. The molecule has 1 heterocycles. The molecule has 0 aliphatic carbocycles. The highest BCUT2D eigenvalue weighted by molar-refractivity contribution is 5.70. The predicted molar refractivity (Wildman–Crippen MR) is 75.1 cm³/mol. The summed E-state index contributed by atoms with van der Waals surface area (Å²) < 4.78 is 0.